The van der Waals surface area contributed by atoms with E-state index in [1.807, 2.05) is 5.32 Å². The maximum atomic E-state index is 10.1. The Bertz CT molecular complexity index is 175. The van der Waals surface area contributed by atoms with Gasteiger partial charge >= 0.3 is 12.2 Å². The van der Waals surface area contributed by atoms with Crippen LogP contribution in [-0.4, -0.2) is 40.7 Å². The molecule has 0 radical (unpaired) electrons. The lowest BCUT2D eigenvalue weighted by atomic mass is 10.3. The molecule has 0 aromatic rings. The quantitative estimate of drug-likeness (QED) is 0.401. The number of nitrogens with one attached hydrogen (secondary N) is 2. The SMILES string of the molecule is O=C(O)NCC(CS)NC(=O)O. The molecule has 1 atom stereocenters. The van der Waals surface area contributed by atoms with Gasteiger partial charge in [0.1, 0.15) is 0 Å². The second-order valence-corrected chi connectivity index (χ2v) is 2.38. The number of hydrogen-bond acceptors (Lipinski definition) is 3. The molecule has 12 heavy (non-hydrogen) atoms. The van der Waals surface area contributed by atoms with Gasteiger partial charge in [-0.15, -0.1) is 0 Å². The lowest BCUT2D eigenvalue weighted by molar-refractivity contribution is 0.185. The van der Waals surface area contributed by atoms with Crippen molar-refractivity contribution in [3.05, 3.63) is 0 Å². The standard InChI is InChI=1S/C5H10N2O4S/c8-4(9)6-1-3(2-12)7-5(10)11/h3,6-7,12H,1-2H2,(H,8,9)(H,10,11). The van der Waals surface area contributed by atoms with Crippen molar-refractivity contribution in [1.29, 1.82) is 0 Å². The van der Waals surface area contributed by atoms with Crippen LogP contribution in [0.15, 0.2) is 0 Å². The molecule has 0 saturated heterocycles. The second kappa shape index (κ2) is 5.53. The first-order valence-corrected chi connectivity index (χ1v) is 3.76. The second-order valence-electron chi connectivity index (χ2n) is 2.02. The highest BCUT2D eigenvalue weighted by molar-refractivity contribution is 7.80. The molecule has 0 fully saturated rings. The van der Waals surface area contributed by atoms with Gasteiger partial charge in [-0.25, -0.2) is 9.59 Å². The summed E-state index contributed by atoms with van der Waals surface area (Å²) in [6.07, 6.45) is -2.38. The third-order valence-electron chi connectivity index (χ3n) is 1.05. The lowest BCUT2D eigenvalue weighted by Crippen LogP contribution is -2.43. The van der Waals surface area contributed by atoms with E-state index in [4.69, 9.17) is 10.2 Å². The fraction of sp³-hybridized carbons (Fsp3) is 0.600. The van der Waals surface area contributed by atoms with Crippen molar-refractivity contribution in [3.63, 3.8) is 0 Å². The first-order chi connectivity index (χ1) is 5.56. The summed E-state index contributed by atoms with van der Waals surface area (Å²) in [6.45, 7) is 0.0190. The van der Waals surface area contributed by atoms with Crippen molar-refractivity contribution in [2.45, 2.75) is 6.04 Å². The minimum atomic E-state index is -1.19. The number of hydrogen-bond donors (Lipinski definition) is 5. The topological polar surface area (TPSA) is 98.7 Å². The molecule has 70 valence electrons. The van der Waals surface area contributed by atoms with Crippen LogP contribution in [0.4, 0.5) is 9.59 Å². The van der Waals surface area contributed by atoms with Crippen molar-refractivity contribution in [3.8, 4) is 0 Å². The fourth-order valence-electron chi connectivity index (χ4n) is 0.546. The number of amides is 2. The summed E-state index contributed by atoms with van der Waals surface area (Å²) in [5, 5.41) is 20.6. The summed E-state index contributed by atoms with van der Waals surface area (Å²) >= 11 is 3.83. The van der Waals surface area contributed by atoms with Gasteiger partial charge in [0.2, 0.25) is 0 Å². The van der Waals surface area contributed by atoms with E-state index in [0.29, 0.717) is 0 Å². The van der Waals surface area contributed by atoms with Gasteiger partial charge in [0.05, 0.1) is 6.04 Å². The van der Waals surface area contributed by atoms with Crippen LogP contribution >= 0.6 is 12.6 Å². The molecule has 1 unspecified atom stereocenters. The molecule has 7 heteroatoms. The van der Waals surface area contributed by atoms with Crippen LogP contribution in [0.25, 0.3) is 0 Å². The zero-order chi connectivity index (χ0) is 9.56. The molecule has 0 saturated carbocycles. The molecule has 0 aliphatic heterocycles. The van der Waals surface area contributed by atoms with Gasteiger partial charge in [-0.3, -0.25) is 0 Å². The first kappa shape index (κ1) is 10.9. The van der Waals surface area contributed by atoms with E-state index >= 15 is 0 Å². The smallest absolute Gasteiger partial charge is 0.404 e. The van der Waals surface area contributed by atoms with E-state index in [1.54, 1.807) is 0 Å². The molecule has 0 aliphatic rings. The van der Waals surface area contributed by atoms with Crippen LogP contribution in [0, 0.1) is 0 Å². The molecule has 4 N–H and O–H groups in total. The minimum absolute atomic E-state index is 0.0190. The Morgan fingerprint density at radius 3 is 2.25 bits per heavy atom. The number of rotatable bonds is 4. The summed E-state index contributed by atoms with van der Waals surface area (Å²) in [5.41, 5.74) is 0. The van der Waals surface area contributed by atoms with Crippen LogP contribution in [0.1, 0.15) is 0 Å². The minimum Gasteiger partial charge on any atom is -0.465 e. The van der Waals surface area contributed by atoms with Gasteiger partial charge in [-0.2, -0.15) is 12.6 Å². The maximum Gasteiger partial charge on any atom is 0.404 e. The Morgan fingerprint density at radius 2 is 1.92 bits per heavy atom. The lowest BCUT2D eigenvalue weighted by Gasteiger charge is -2.13. The van der Waals surface area contributed by atoms with Gasteiger partial charge in [0.25, 0.3) is 0 Å². The molecule has 0 bridgehead atoms. The fourth-order valence-corrected chi connectivity index (χ4v) is 0.767. The van der Waals surface area contributed by atoms with E-state index in [1.165, 1.54) is 0 Å². The average molecular weight is 194 g/mol. The molecular formula is C5H10N2O4S. The molecule has 0 heterocycles. The van der Waals surface area contributed by atoms with Crippen LogP contribution in [0.5, 0.6) is 0 Å². The Labute approximate surface area is 74.4 Å². The maximum absolute atomic E-state index is 10.1. The van der Waals surface area contributed by atoms with Crippen molar-refractivity contribution < 1.29 is 19.8 Å². The molecule has 0 rings (SSSR count). The Hall–Kier alpha value is -1.11. The largest absolute Gasteiger partial charge is 0.465 e. The van der Waals surface area contributed by atoms with Gasteiger partial charge < -0.3 is 20.8 Å². The summed E-state index contributed by atoms with van der Waals surface area (Å²) in [4.78, 5) is 20.1. The van der Waals surface area contributed by atoms with Crippen molar-refractivity contribution in [1.82, 2.24) is 10.6 Å². The van der Waals surface area contributed by atoms with Gasteiger partial charge in [-0.05, 0) is 0 Å². The Morgan fingerprint density at radius 1 is 1.33 bits per heavy atom. The van der Waals surface area contributed by atoms with E-state index < -0.39 is 18.2 Å². The summed E-state index contributed by atoms with van der Waals surface area (Å²) in [5.74, 6) is 0.243. The highest BCUT2D eigenvalue weighted by atomic mass is 32.1. The predicted octanol–water partition coefficient (Wildman–Crippen LogP) is -0.180. The third kappa shape index (κ3) is 5.66. The number of thiol groups is 1. The number of carbonyl (C=O) groups is 2. The zero-order valence-corrected chi connectivity index (χ0v) is 7.04. The van der Waals surface area contributed by atoms with E-state index in [9.17, 15) is 9.59 Å². The van der Waals surface area contributed by atoms with E-state index in [-0.39, 0.29) is 12.3 Å². The molecular weight excluding hydrogens is 184 g/mol. The normalized spacial score (nSPS) is 11.8. The monoisotopic (exact) mass is 194 g/mol. The van der Waals surface area contributed by atoms with E-state index in [0.717, 1.165) is 0 Å². The molecule has 0 aromatic heterocycles. The van der Waals surface area contributed by atoms with Crippen LogP contribution in [0.3, 0.4) is 0 Å². The van der Waals surface area contributed by atoms with Crippen LogP contribution in [0.2, 0.25) is 0 Å². The van der Waals surface area contributed by atoms with Gasteiger partial charge in [0.15, 0.2) is 0 Å². The summed E-state index contributed by atoms with van der Waals surface area (Å²) in [7, 11) is 0. The number of carboxylic acid groups (broad SMARTS) is 2. The molecule has 0 spiro atoms. The van der Waals surface area contributed by atoms with Crippen molar-refractivity contribution in [2.24, 2.45) is 0 Å². The summed E-state index contributed by atoms with van der Waals surface area (Å²) in [6, 6.07) is -0.498. The zero-order valence-electron chi connectivity index (χ0n) is 6.15. The van der Waals surface area contributed by atoms with Gasteiger partial charge in [-0.1, -0.05) is 0 Å². The van der Waals surface area contributed by atoms with Crippen LogP contribution < -0.4 is 10.6 Å². The highest BCUT2D eigenvalue weighted by Gasteiger charge is 2.09. The first-order valence-electron chi connectivity index (χ1n) is 3.13. The van der Waals surface area contributed by atoms with E-state index in [2.05, 4.69) is 17.9 Å². The average Bonchev–Trinajstić information content (AvgIpc) is 1.97. The molecule has 2 amide bonds. The van der Waals surface area contributed by atoms with Crippen LogP contribution in [-0.2, 0) is 0 Å². The molecule has 0 aromatic carbocycles. The van der Waals surface area contributed by atoms with Crippen molar-refractivity contribution in [2.75, 3.05) is 12.3 Å². The predicted molar refractivity (Wildman–Crippen MR) is 44.8 cm³/mol. The summed E-state index contributed by atoms with van der Waals surface area (Å²) < 4.78 is 0. The van der Waals surface area contributed by atoms with Crippen molar-refractivity contribution >= 4 is 24.8 Å². The molecule has 0 aliphatic carbocycles. The molecule has 6 nitrogen and oxygen atoms in total. The Balaban J connectivity index is 3.67. The van der Waals surface area contributed by atoms with Gasteiger partial charge in [0, 0.05) is 12.3 Å². The Kier molecular flexibility index (Phi) is 5.02. The third-order valence-corrected chi connectivity index (χ3v) is 1.49. The highest BCUT2D eigenvalue weighted by Crippen LogP contribution is 1.85.